The van der Waals surface area contributed by atoms with E-state index in [0.717, 1.165) is 88.8 Å². The smallest absolute Gasteiger partial charge is 0.444 e. The highest BCUT2D eigenvalue weighted by molar-refractivity contribution is 6.48. The van der Waals surface area contributed by atoms with Crippen LogP contribution >= 0.6 is 0 Å². The summed E-state index contributed by atoms with van der Waals surface area (Å²) in [4.78, 5) is 77.6. The van der Waals surface area contributed by atoms with Crippen molar-refractivity contribution < 1.29 is 78.4 Å². The Hall–Kier alpha value is -6.22. The highest BCUT2D eigenvalue weighted by Crippen LogP contribution is 2.67. The summed E-state index contributed by atoms with van der Waals surface area (Å²) in [6.07, 6.45) is -0.216. The molecule has 27 heteroatoms. The molecule has 6 saturated carbocycles. The molecule has 14 rings (SSSR count). The summed E-state index contributed by atoms with van der Waals surface area (Å²) in [5.74, 6) is -0.502. The molecule has 4 bridgehead atoms. The molecule has 12 atom stereocenters. The van der Waals surface area contributed by atoms with Gasteiger partial charge in [0.1, 0.15) is 18.5 Å². The SMILES string of the molecule is CC1(C)CCN(C(C)(C)C=O)C1.[C-]#[N+]C(=CC(C)(C)N1CCC(C)(C)C1)C(=O)N1CCC[C@H](OC(=O)N[C@@H](Cc2ccc(C(F)(F)F)cc2)B2O[C@@H]3C[C@@H]4C[C@@H](C4(C)C)[C@]3(C)O2)C1.[C-]#[N+]CC(=O)N1CCC[C@H](OC(=O)N[C@@H](Cc2ccc(C(F)(F)F)cc2)B2O[C@@H]3C[C@@H]4C[C@@H](C4(C)C)[C@]3(C)O2)C1. The topological polar surface area (TPSA) is 186 Å². The number of carbonyl (C=O) groups is 5. The minimum absolute atomic E-state index is 0.0537. The number of halogens is 6. The fourth-order valence-electron chi connectivity index (χ4n) is 18.1. The number of ether oxygens (including phenoxy) is 2. The normalized spacial score (nSPS) is 30.4. The van der Waals surface area contributed by atoms with Gasteiger partial charge in [-0.2, -0.15) is 26.3 Å². The number of hydrogen-bond donors (Lipinski definition) is 2. The average Bonchev–Trinajstić information content (AvgIpc) is 1.66. The zero-order chi connectivity index (χ0) is 75.4. The number of nitrogens with zero attached hydrogens (tertiary/aromatic N) is 6. The lowest BCUT2D eigenvalue weighted by Crippen LogP contribution is -2.65. The highest BCUT2D eigenvalue weighted by Gasteiger charge is 2.70. The molecule has 19 nitrogen and oxygen atoms in total. The number of alkyl carbamates (subject to hydrolysis) is 2. The van der Waals surface area contributed by atoms with Crippen LogP contribution in [0.1, 0.15) is 183 Å². The van der Waals surface area contributed by atoms with E-state index >= 15 is 0 Å². The molecule has 6 aliphatic heterocycles. The van der Waals surface area contributed by atoms with Crippen LogP contribution in [0.15, 0.2) is 60.3 Å². The Morgan fingerprint density at radius 2 is 1.02 bits per heavy atom. The molecule has 0 radical (unpaired) electrons. The molecule has 6 aliphatic carbocycles. The number of alkyl halides is 6. The van der Waals surface area contributed by atoms with Gasteiger partial charge in [0.25, 0.3) is 12.5 Å². The van der Waals surface area contributed by atoms with E-state index in [1.165, 1.54) is 35.6 Å². The van der Waals surface area contributed by atoms with Crippen molar-refractivity contribution in [2.24, 2.45) is 45.3 Å². The van der Waals surface area contributed by atoms with Gasteiger partial charge in [0.15, 0.2) is 0 Å². The minimum atomic E-state index is -4.46. The van der Waals surface area contributed by atoms with Crippen molar-refractivity contribution in [2.45, 2.75) is 245 Å². The first-order valence-corrected chi connectivity index (χ1v) is 36.8. The van der Waals surface area contributed by atoms with Gasteiger partial charge in [-0.05, 0) is 212 Å². The van der Waals surface area contributed by atoms with Gasteiger partial charge in [0.2, 0.25) is 5.70 Å². The molecule has 6 heterocycles. The first-order chi connectivity index (χ1) is 47.9. The van der Waals surface area contributed by atoms with Crippen LogP contribution in [-0.4, -0.2) is 182 Å². The molecule has 2 aromatic rings. The summed E-state index contributed by atoms with van der Waals surface area (Å²) in [6.45, 7) is 49.8. The number of hydrogen-bond acceptors (Lipinski definition) is 13. The molecule has 2 aromatic carbocycles. The number of aldehydes is 1. The molecule has 564 valence electrons. The summed E-state index contributed by atoms with van der Waals surface area (Å²) >= 11 is 0. The molecule has 2 N–H and O–H groups in total. The molecule has 4 amide bonds. The molecular weight excluding hydrogens is 1340 g/mol. The van der Waals surface area contributed by atoms with Gasteiger partial charge in [0, 0.05) is 31.7 Å². The van der Waals surface area contributed by atoms with E-state index in [4.69, 9.17) is 41.2 Å². The van der Waals surface area contributed by atoms with Crippen molar-refractivity contribution in [1.29, 1.82) is 0 Å². The third kappa shape index (κ3) is 17.6. The summed E-state index contributed by atoms with van der Waals surface area (Å²) < 4.78 is 117. The zero-order valence-electron chi connectivity index (χ0n) is 62.5. The number of rotatable bonds is 16. The number of piperidine rings is 2. The van der Waals surface area contributed by atoms with Crippen LogP contribution in [0, 0.1) is 58.5 Å². The largest absolute Gasteiger partial charge is 0.482 e. The summed E-state index contributed by atoms with van der Waals surface area (Å²) in [5.41, 5.74) is -1.32. The fourth-order valence-corrected chi connectivity index (χ4v) is 18.1. The second-order valence-corrected chi connectivity index (χ2v) is 35.0. The van der Waals surface area contributed by atoms with E-state index in [1.54, 1.807) is 11.0 Å². The van der Waals surface area contributed by atoms with E-state index in [1.807, 2.05) is 27.7 Å². The fraction of sp³-hybridized carbons (Fsp3) is 0.724. The molecular formula is C76H106B2F6N8O11. The van der Waals surface area contributed by atoms with Gasteiger partial charge in [-0.25, -0.2) is 21.0 Å². The lowest BCUT2D eigenvalue weighted by molar-refractivity contribution is -0.199. The van der Waals surface area contributed by atoms with Crippen molar-refractivity contribution >= 4 is 44.5 Å². The second kappa shape index (κ2) is 29.8. The van der Waals surface area contributed by atoms with Gasteiger partial charge in [-0.1, -0.05) is 85.7 Å². The Morgan fingerprint density at radius 3 is 1.39 bits per heavy atom. The van der Waals surface area contributed by atoms with Gasteiger partial charge in [-0.3, -0.25) is 19.4 Å². The van der Waals surface area contributed by atoms with Gasteiger partial charge >= 0.3 is 44.7 Å². The Balaban J connectivity index is 0.000000194. The molecule has 0 aromatic heterocycles. The minimum Gasteiger partial charge on any atom is -0.444 e. The maximum absolute atomic E-state index is 13.6. The van der Waals surface area contributed by atoms with Gasteiger partial charge < -0.3 is 58.2 Å². The van der Waals surface area contributed by atoms with Crippen molar-refractivity contribution in [2.75, 3.05) is 58.9 Å². The van der Waals surface area contributed by atoms with Crippen LogP contribution in [0.4, 0.5) is 35.9 Å². The number of likely N-dealkylation sites (tertiary alicyclic amines) is 4. The van der Waals surface area contributed by atoms with Crippen molar-refractivity contribution in [1.82, 2.24) is 30.2 Å². The van der Waals surface area contributed by atoms with Crippen LogP contribution in [0.25, 0.3) is 9.69 Å². The van der Waals surface area contributed by atoms with E-state index in [-0.39, 0.29) is 89.9 Å². The van der Waals surface area contributed by atoms with E-state index in [0.29, 0.717) is 73.1 Å². The van der Waals surface area contributed by atoms with Gasteiger partial charge in [-0.15, -0.1) is 0 Å². The van der Waals surface area contributed by atoms with Crippen LogP contribution in [0.3, 0.4) is 0 Å². The Bertz CT molecular complexity index is 3540. The van der Waals surface area contributed by atoms with Crippen molar-refractivity contribution in [3.63, 3.8) is 0 Å². The number of amides is 4. The first-order valence-electron chi connectivity index (χ1n) is 36.8. The maximum Gasteiger partial charge on any atom is 0.482 e. The third-order valence-corrected chi connectivity index (χ3v) is 24.9. The lowest BCUT2D eigenvalue weighted by atomic mass is 9.43. The molecule has 12 aliphatic rings. The average molecular weight is 1440 g/mol. The number of carbonyl (C=O) groups excluding carboxylic acids is 5. The maximum atomic E-state index is 13.6. The summed E-state index contributed by atoms with van der Waals surface area (Å²) in [5, 5.41) is 5.78. The van der Waals surface area contributed by atoms with Gasteiger partial charge in [0.05, 0.1) is 71.6 Å². The Kier molecular flexibility index (Phi) is 23.0. The van der Waals surface area contributed by atoms with Crippen LogP contribution in [0.2, 0.25) is 0 Å². The quantitative estimate of drug-likeness (QED) is 0.0532. The second-order valence-electron chi connectivity index (χ2n) is 35.0. The predicted octanol–water partition coefficient (Wildman–Crippen LogP) is 13.1. The Labute approximate surface area is 605 Å². The summed E-state index contributed by atoms with van der Waals surface area (Å²) in [6, 6.07) is 9.73. The van der Waals surface area contributed by atoms with E-state index < -0.39 is 90.7 Å². The van der Waals surface area contributed by atoms with Crippen LogP contribution in [-0.2, 0) is 67.7 Å². The number of benzene rings is 2. The van der Waals surface area contributed by atoms with Crippen LogP contribution in [0.5, 0.6) is 0 Å². The molecule has 103 heavy (non-hydrogen) atoms. The van der Waals surface area contributed by atoms with Crippen molar-refractivity contribution in [3.8, 4) is 0 Å². The lowest BCUT2D eigenvalue weighted by Gasteiger charge is -2.64. The Morgan fingerprint density at radius 1 is 0.612 bits per heavy atom. The zero-order valence-corrected chi connectivity index (χ0v) is 62.5. The monoisotopic (exact) mass is 1440 g/mol. The van der Waals surface area contributed by atoms with E-state index in [2.05, 4.69) is 99.4 Å². The molecule has 12 fully saturated rings. The molecule has 6 saturated heterocycles. The van der Waals surface area contributed by atoms with Crippen molar-refractivity contribution in [3.05, 3.63) is 105 Å². The van der Waals surface area contributed by atoms with E-state index in [9.17, 15) is 50.3 Å². The molecule has 0 spiro atoms. The molecule has 0 unspecified atom stereocenters. The summed E-state index contributed by atoms with van der Waals surface area (Å²) in [7, 11) is -1.63. The highest BCUT2D eigenvalue weighted by atomic mass is 19.4. The first kappa shape index (κ1) is 79.3. The number of nitrogens with one attached hydrogen (secondary N) is 2. The standard InChI is InChI=1S/C38H52BF3N4O5.C28H35BF3N3O5.C10H19NO/c1-34(2)15-17-46(23-34)35(3,4)21-28(43-8)32(47)45-16-9-10-27(22-45)49-33(48)44-31(18-24-11-13-25(14-12-24)38(40,41)42)39-50-30-20-26-19-29(36(26,5)6)37(30,7)51-39;1-26(2)19-13-21(26)27(3)22(14-19)39-29(40-27)23(12-17-7-9-18(10-8-17)28(30,31)32)34-25(37)38-20-6-5-11-35(16-20)24(36)15-33-4;1-9(2)5-6-11(7-9)10(3,4)8-12/h11-14,21,26-27,29-31H,9-10,15-20,22-23H2,1-7H3,(H,44,48);7-10,19-23H,5-6,11-16H2,1-3H3,(H,34,37);8H,5-7H2,1-4H3/t26-,27-,29-,30+,31-,37-;19-,20-,21-,22+,23-,27-;/m00./s1. The third-order valence-electron chi connectivity index (χ3n) is 24.9. The van der Waals surface area contributed by atoms with Crippen LogP contribution < -0.4 is 10.6 Å². The predicted molar refractivity (Wildman–Crippen MR) is 377 cm³/mol.